The summed E-state index contributed by atoms with van der Waals surface area (Å²) in [6, 6.07) is 80.6. The molecule has 0 bridgehead atoms. The Morgan fingerprint density at radius 1 is 0.397 bits per heavy atom. The molecule has 63 heavy (non-hydrogen) atoms. The maximum atomic E-state index is 6.40. The Hall–Kier alpha value is -7.79. The molecule has 3 nitrogen and oxygen atoms in total. The Labute approximate surface area is 368 Å². The third kappa shape index (κ3) is 4.81. The summed E-state index contributed by atoms with van der Waals surface area (Å²) in [5.41, 5.74) is 15.7. The van der Waals surface area contributed by atoms with Gasteiger partial charge in [-0.15, -0.1) is 0 Å². The molecule has 0 amide bonds. The molecule has 0 saturated carbocycles. The van der Waals surface area contributed by atoms with Gasteiger partial charge in [0.1, 0.15) is 11.2 Å². The number of aromatic nitrogens is 1. The number of fused-ring (bicyclic) bond motifs is 14. The number of anilines is 3. The molecule has 0 atom stereocenters. The van der Waals surface area contributed by atoms with Crippen LogP contribution in [0.2, 0.25) is 0 Å². The predicted molar refractivity (Wildman–Crippen MR) is 262 cm³/mol. The molecule has 1 aliphatic heterocycles. The molecule has 4 heteroatoms. The molecular weight excluding hydrogens is 785 g/mol. The largest absolute Gasteiger partial charge is 0.456 e. The first-order valence-corrected chi connectivity index (χ1v) is 22.4. The molecule has 0 saturated heterocycles. The molecule has 0 unspecified atom stereocenters. The lowest BCUT2D eigenvalue weighted by molar-refractivity contribution is 0.669. The van der Waals surface area contributed by atoms with E-state index in [1.54, 1.807) is 0 Å². The first-order valence-electron chi connectivity index (χ1n) is 21.6. The van der Waals surface area contributed by atoms with Crippen LogP contribution in [0.3, 0.4) is 0 Å². The van der Waals surface area contributed by atoms with E-state index in [9.17, 15) is 0 Å². The molecule has 1 aliphatic carbocycles. The smallest absolute Gasteiger partial charge is 0.135 e. The van der Waals surface area contributed by atoms with Crippen LogP contribution in [0.4, 0.5) is 17.1 Å². The monoisotopic (exact) mass is 820 g/mol. The van der Waals surface area contributed by atoms with Crippen LogP contribution in [0.25, 0.3) is 71.3 Å². The highest BCUT2D eigenvalue weighted by molar-refractivity contribution is 7.99. The molecule has 0 radical (unpaired) electrons. The summed E-state index contributed by atoms with van der Waals surface area (Å²) in [5, 5.41) is 7.21. The van der Waals surface area contributed by atoms with Gasteiger partial charge in [-0.2, -0.15) is 0 Å². The van der Waals surface area contributed by atoms with Crippen LogP contribution >= 0.6 is 11.8 Å². The highest BCUT2D eigenvalue weighted by atomic mass is 32.2. The number of furan rings is 1. The topological polar surface area (TPSA) is 21.3 Å². The number of hydrogen-bond acceptors (Lipinski definition) is 3. The molecule has 0 fully saturated rings. The summed E-state index contributed by atoms with van der Waals surface area (Å²) in [6.45, 7) is 0. The highest BCUT2D eigenvalue weighted by Gasteiger charge is 2.48. The Balaban J connectivity index is 1.09. The zero-order valence-corrected chi connectivity index (χ0v) is 34.8. The van der Waals surface area contributed by atoms with Crippen molar-refractivity contribution in [3.8, 4) is 16.8 Å². The van der Waals surface area contributed by atoms with Crippen molar-refractivity contribution in [3.63, 3.8) is 0 Å². The third-order valence-electron chi connectivity index (χ3n) is 13.6. The lowest BCUT2D eigenvalue weighted by atomic mass is 9.59. The van der Waals surface area contributed by atoms with Gasteiger partial charge in [-0.3, -0.25) is 0 Å². The highest BCUT2D eigenvalue weighted by Crippen LogP contribution is 2.62. The van der Waals surface area contributed by atoms with Gasteiger partial charge < -0.3 is 13.9 Å². The number of nitrogens with zero attached hydrogens (tertiary/aromatic N) is 2. The van der Waals surface area contributed by atoms with Crippen LogP contribution in [0.15, 0.2) is 233 Å². The summed E-state index contributed by atoms with van der Waals surface area (Å²) in [7, 11) is 0. The molecule has 14 rings (SSSR count). The molecule has 1 spiro atoms. The average Bonchev–Trinajstić information content (AvgIpc) is 3.88. The van der Waals surface area contributed by atoms with Crippen LogP contribution in [0.5, 0.6) is 0 Å². The Morgan fingerprint density at radius 3 is 1.83 bits per heavy atom. The number of rotatable bonds is 4. The van der Waals surface area contributed by atoms with E-state index in [2.05, 4.69) is 222 Å². The zero-order chi connectivity index (χ0) is 41.2. The summed E-state index contributed by atoms with van der Waals surface area (Å²) < 4.78 is 8.79. The van der Waals surface area contributed by atoms with Crippen LogP contribution in [0, 0.1) is 0 Å². The van der Waals surface area contributed by atoms with Crippen LogP contribution in [0.1, 0.15) is 22.3 Å². The average molecular weight is 821 g/mol. The SMILES string of the molecule is c1ccc(-n2c3ccccc3c3cc(N(c4ccc5c(c4)C4(c6ccccc6Sc6ccccc64)c4cccc6cccc-5c46)c4ccc5oc6ccccc6c5c4)ccc32)cc1. The molecule has 294 valence electrons. The van der Waals surface area contributed by atoms with Crippen molar-refractivity contribution < 1.29 is 4.42 Å². The second-order valence-corrected chi connectivity index (χ2v) is 17.9. The van der Waals surface area contributed by atoms with Crippen molar-refractivity contribution in [2.45, 2.75) is 15.2 Å². The lowest BCUT2D eigenvalue weighted by Gasteiger charge is -2.46. The predicted octanol–water partition coefficient (Wildman–Crippen LogP) is 16.1. The van der Waals surface area contributed by atoms with E-state index in [-0.39, 0.29) is 0 Å². The molecule has 2 aliphatic rings. The van der Waals surface area contributed by atoms with Gasteiger partial charge in [0.2, 0.25) is 0 Å². The summed E-state index contributed by atoms with van der Waals surface area (Å²) in [6.07, 6.45) is 0. The minimum atomic E-state index is -0.568. The van der Waals surface area contributed by atoms with E-state index in [1.165, 1.54) is 75.7 Å². The first-order chi connectivity index (χ1) is 31.2. The maximum Gasteiger partial charge on any atom is 0.135 e. The van der Waals surface area contributed by atoms with Crippen molar-refractivity contribution in [3.05, 3.63) is 241 Å². The van der Waals surface area contributed by atoms with Gasteiger partial charge in [0, 0.05) is 54.1 Å². The lowest BCUT2D eigenvalue weighted by Crippen LogP contribution is -2.36. The fraction of sp³-hybridized carbons (Fsp3) is 0.0169. The first kappa shape index (κ1) is 34.9. The van der Waals surface area contributed by atoms with Gasteiger partial charge in [-0.1, -0.05) is 145 Å². The van der Waals surface area contributed by atoms with E-state index in [0.717, 1.165) is 44.7 Å². The molecule has 3 heterocycles. The minimum Gasteiger partial charge on any atom is -0.456 e. The number of hydrogen-bond donors (Lipinski definition) is 0. The second kappa shape index (κ2) is 13.1. The van der Waals surface area contributed by atoms with Crippen molar-refractivity contribution in [2.24, 2.45) is 0 Å². The van der Waals surface area contributed by atoms with E-state index in [0.29, 0.717) is 0 Å². The second-order valence-electron chi connectivity index (χ2n) is 16.8. The van der Waals surface area contributed by atoms with Crippen molar-refractivity contribution in [2.75, 3.05) is 4.90 Å². The van der Waals surface area contributed by atoms with Gasteiger partial charge in [0.05, 0.1) is 16.4 Å². The standard InChI is InChI=1S/C59H36N2OS/c1-2-16-38(17-3-1)61-52-24-8-4-18-43(52)46-34-39(29-32-53(46)61)60(40-30-33-55-47(35-40)44-19-5-9-25-54(44)62-55)41-28-31-42-45-20-12-14-37-15-13-23-50(58(37)45)59(51(42)36-41)48-21-6-10-26-56(48)63-57-27-11-7-22-49(57)59/h1-36H. The molecule has 0 N–H and O–H groups in total. The summed E-state index contributed by atoms with van der Waals surface area (Å²) in [5.74, 6) is 0. The summed E-state index contributed by atoms with van der Waals surface area (Å²) >= 11 is 1.88. The molecule has 12 aromatic rings. The van der Waals surface area contributed by atoms with E-state index in [4.69, 9.17) is 4.42 Å². The minimum absolute atomic E-state index is 0.568. The van der Waals surface area contributed by atoms with Crippen LogP contribution in [-0.2, 0) is 5.41 Å². The van der Waals surface area contributed by atoms with Gasteiger partial charge in [-0.05, 0) is 129 Å². The molecule has 10 aromatic carbocycles. The van der Waals surface area contributed by atoms with E-state index < -0.39 is 5.41 Å². The van der Waals surface area contributed by atoms with Gasteiger partial charge in [-0.25, -0.2) is 0 Å². The van der Waals surface area contributed by atoms with Crippen LogP contribution in [-0.4, -0.2) is 4.57 Å². The van der Waals surface area contributed by atoms with E-state index in [1.807, 2.05) is 17.8 Å². The Bertz CT molecular complexity index is 3810. The maximum absolute atomic E-state index is 6.40. The normalized spacial score (nSPS) is 13.5. The molecule has 2 aromatic heterocycles. The van der Waals surface area contributed by atoms with Gasteiger partial charge in [0.25, 0.3) is 0 Å². The Morgan fingerprint density at radius 2 is 1.00 bits per heavy atom. The summed E-state index contributed by atoms with van der Waals surface area (Å²) in [4.78, 5) is 5.04. The fourth-order valence-corrected chi connectivity index (χ4v) is 12.3. The fourth-order valence-electron chi connectivity index (χ4n) is 11.1. The number of benzene rings is 10. The Kier molecular flexibility index (Phi) is 7.26. The van der Waals surface area contributed by atoms with Crippen molar-refractivity contribution in [1.29, 1.82) is 0 Å². The third-order valence-corrected chi connectivity index (χ3v) is 14.8. The van der Waals surface area contributed by atoms with Crippen molar-refractivity contribution >= 4 is 83.3 Å². The van der Waals surface area contributed by atoms with Gasteiger partial charge >= 0.3 is 0 Å². The van der Waals surface area contributed by atoms with Crippen LogP contribution < -0.4 is 4.90 Å². The van der Waals surface area contributed by atoms with E-state index >= 15 is 0 Å². The zero-order valence-electron chi connectivity index (χ0n) is 34.0. The number of para-hydroxylation sites is 3. The van der Waals surface area contributed by atoms with Crippen molar-refractivity contribution in [1.82, 2.24) is 4.57 Å². The van der Waals surface area contributed by atoms with Gasteiger partial charge in [0.15, 0.2) is 0 Å². The quantitative estimate of drug-likeness (QED) is 0.176. The molecular formula is C59H36N2OS.